The normalized spacial score (nSPS) is 10.0. The van der Waals surface area contributed by atoms with Gasteiger partial charge >= 0.3 is 0 Å². The van der Waals surface area contributed by atoms with Gasteiger partial charge in [-0.3, -0.25) is 0 Å². The highest BCUT2D eigenvalue weighted by Gasteiger charge is 2.29. The zero-order valence-electron chi connectivity index (χ0n) is 9.15. The maximum Gasteiger partial charge on any atom is 0.148 e. The molecule has 17 heavy (non-hydrogen) atoms. The fourth-order valence-electron chi connectivity index (χ4n) is 1.52. The predicted octanol–water partition coefficient (Wildman–Crippen LogP) is 3.22. The van der Waals surface area contributed by atoms with Crippen molar-refractivity contribution >= 4 is 11.6 Å². The number of halogens is 1. The maximum atomic E-state index is 9.11. The summed E-state index contributed by atoms with van der Waals surface area (Å²) in [5.74, 6) is 0. The summed E-state index contributed by atoms with van der Waals surface area (Å²) in [7, 11) is 0. The first-order valence-electron chi connectivity index (χ1n) is 5.10. The van der Waals surface area contributed by atoms with Crippen molar-refractivity contribution in [3.8, 4) is 18.2 Å². The molecule has 0 atom stereocenters. The Labute approximate surface area is 105 Å². The van der Waals surface area contributed by atoms with E-state index < -0.39 is 5.41 Å². The summed E-state index contributed by atoms with van der Waals surface area (Å²) in [5.41, 5.74) is -0.251. The Kier molecular flexibility index (Phi) is 4.53. The van der Waals surface area contributed by atoms with E-state index in [1.54, 1.807) is 24.3 Å². The lowest BCUT2D eigenvalue weighted by Gasteiger charge is -2.16. The Bertz CT molecular complexity index is 485. The first-order valence-corrected chi connectivity index (χ1v) is 5.47. The van der Waals surface area contributed by atoms with E-state index in [0.717, 1.165) is 5.56 Å². The second-order valence-electron chi connectivity index (χ2n) is 3.77. The zero-order chi connectivity index (χ0) is 12.7. The third-order valence-electron chi connectivity index (χ3n) is 2.51. The van der Waals surface area contributed by atoms with E-state index in [0.29, 0.717) is 11.4 Å². The lowest BCUT2D eigenvalue weighted by molar-refractivity contribution is 0.481. The van der Waals surface area contributed by atoms with E-state index >= 15 is 0 Å². The number of nitriles is 3. The summed E-state index contributed by atoms with van der Waals surface area (Å²) >= 11 is 5.76. The number of nitrogens with zero attached hydrogens (tertiary/aromatic N) is 3. The minimum Gasteiger partial charge on any atom is -0.198 e. The highest BCUT2D eigenvalue weighted by atomic mass is 35.5. The van der Waals surface area contributed by atoms with Crippen LogP contribution in [0.5, 0.6) is 0 Å². The topological polar surface area (TPSA) is 71.4 Å². The zero-order valence-corrected chi connectivity index (χ0v) is 9.91. The van der Waals surface area contributed by atoms with Crippen LogP contribution in [0.15, 0.2) is 24.3 Å². The van der Waals surface area contributed by atoms with Gasteiger partial charge in [0.05, 0.1) is 18.2 Å². The molecule has 0 unspecified atom stereocenters. The van der Waals surface area contributed by atoms with Crippen LogP contribution in [0.2, 0.25) is 5.02 Å². The van der Waals surface area contributed by atoms with Gasteiger partial charge in [-0.15, -0.1) is 0 Å². The molecular formula is C13H10ClN3. The molecule has 0 radical (unpaired) electrons. The van der Waals surface area contributed by atoms with Gasteiger partial charge in [-0.25, -0.2) is 0 Å². The van der Waals surface area contributed by atoms with Crippen LogP contribution in [0.4, 0.5) is 0 Å². The standard InChI is InChI=1S/C13H10ClN3/c14-12-4-2-11(3-5-12)8-13(9-16,10-17)6-1-7-15/h2-5H,1,6,8H2. The molecule has 0 aromatic heterocycles. The molecular weight excluding hydrogens is 234 g/mol. The van der Waals surface area contributed by atoms with Gasteiger partial charge < -0.3 is 0 Å². The van der Waals surface area contributed by atoms with Gasteiger partial charge in [0.15, 0.2) is 0 Å². The summed E-state index contributed by atoms with van der Waals surface area (Å²) in [6.07, 6.45) is 0.784. The van der Waals surface area contributed by atoms with E-state index in [2.05, 4.69) is 0 Å². The van der Waals surface area contributed by atoms with Crippen LogP contribution in [-0.4, -0.2) is 0 Å². The average molecular weight is 244 g/mol. The molecule has 1 rings (SSSR count). The molecule has 1 aromatic carbocycles. The third kappa shape index (κ3) is 3.49. The smallest absolute Gasteiger partial charge is 0.148 e. The molecule has 4 heteroatoms. The van der Waals surface area contributed by atoms with E-state index in [1.165, 1.54) is 0 Å². The largest absolute Gasteiger partial charge is 0.198 e. The Morgan fingerprint density at radius 2 is 1.65 bits per heavy atom. The van der Waals surface area contributed by atoms with Crippen molar-refractivity contribution in [3.63, 3.8) is 0 Å². The Balaban J connectivity index is 2.89. The van der Waals surface area contributed by atoms with Crippen LogP contribution < -0.4 is 0 Å². The Hall–Kier alpha value is -2.02. The fourth-order valence-corrected chi connectivity index (χ4v) is 1.65. The summed E-state index contributed by atoms with van der Waals surface area (Å²) in [6.45, 7) is 0. The summed E-state index contributed by atoms with van der Waals surface area (Å²) in [4.78, 5) is 0. The van der Waals surface area contributed by atoms with Crippen LogP contribution in [0, 0.1) is 39.4 Å². The predicted molar refractivity (Wildman–Crippen MR) is 63.7 cm³/mol. The summed E-state index contributed by atoms with van der Waals surface area (Å²) in [6, 6.07) is 13.0. The van der Waals surface area contributed by atoms with Crippen LogP contribution in [0.3, 0.4) is 0 Å². The second-order valence-corrected chi connectivity index (χ2v) is 4.20. The van der Waals surface area contributed by atoms with Crippen molar-refractivity contribution < 1.29 is 0 Å². The quantitative estimate of drug-likeness (QED) is 0.815. The fraction of sp³-hybridized carbons (Fsp3) is 0.308. The minimum absolute atomic E-state index is 0.203. The Morgan fingerprint density at radius 1 is 1.06 bits per heavy atom. The van der Waals surface area contributed by atoms with E-state index in [4.69, 9.17) is 27.4 Å². The van der Waals surface area contributed by atoms with Crippen LogP contribution in [-0.2, 0) is 6.42 Å². The van der Waals surface area contributed by atoms with Crippen molar-refractivity contribution in [2.45, 2.75) is 19.3 Å². The van der Waals surface area contributed by atoms with Gasteiger partial charge in [0.2, 0.25) is 0 Å². The van der Waals surface area contributed by atoms with Crippen molar-refractivity contribution in [2.75, 3.05) is 0 Å². The molecule has 0 aliphatic heterocycles. The molecule has 0 saturated heterocycles. The van der Waals surface area contributed by atoms with Crippen molar-refractivity contribution in [1.29, 1.82) is 15.8 Å². The van der Waals surface area contributed by atoms with E-state index in [1.807, 2.05) is 18.2 Å². The van der Waals surface area contributed by atoms with Crippen molar-refractivity contribution in [1.82, 2.24) is 0 Å². The molecule has 0 aliphatic carbocycles. The van der Waals surface area contributed by atoms with E-state index in [9.17, 15) is 0 Å². The molecule has 0 bridgehead atoms. The highest BCUT2D eigenvalue weighted by molar-refractivity contribution is 6.30. The molecule has 0 heterocycles. The molecule has 1 aromatic rings. The maximum absolute atomic E-state index is 9.11. The van der Waals surface area contributed by atoms with Crippen LogP contribution >= 0.6 is 11.6 Å². The SMILES string of the molecule is N#CCCC(C#N)(C#N)Cc1ccc(Cl)cc1. The number of rotatable bonds is 4. The summed E-state index contributed by atoms with van der Waals surface area (Å²) < 4.78 is 0. The lowest BCUT2D eigenvalue weighted by atomic mass is 9.80. The van der Waals surface area contributed by atoms with Gasteiger partial charge in [-0.2, -0.15) is 15.8 Å². The minimum atomic E-state index is -1.12. The summed E-state index contributed by atoms with van der Waals surface area (Å²) in [5, 5.41) is 27.4. The van der Waals surface area contributed by atoms with Crippen LogP contribution in [0.1, 0.15) is 18.4 Å². The molecule has 0 aliphatic rings. The van der Waals surface area contributed by atoms with Crippen molar-refractivity contribution in [2.24, 2.45) is 5.41 Å². The second kappa shape index (κ2) is 5.90. The first-order chi connectivity index (χ1) is 8.15. The number of benzene rings is 1. The number of hydrogen-bond donors (Lipinski definition) is 0. The number of hydrogen-bond acceptors (Lipinski definition) is 3. The van der Waals surface area contributed by atoms with Gasteiger partial charge in [-0.05, 0) is 24.1 Å². The van der Waals surface area contributed by atoms with Crippen LogP contribution in [0.25, 0.3) is 0 Å². The molecule has 0 spiro atoms. The van der Waals surface area contributed by atoms with Gasteiger partial charge in [0, 0.05) is 17.9 Å². The van der Waals surface area contributed by atoms with Gasteiger partial charge in [0.1, 0.15) is 5.41 Å². The monoisotopic (exact) mass is 243 g/mol. The lowest BCUT2D eigenvalue weighted by Crippen LogP contribution is -2.19. The molecule has 0 amide bonds. The highest BCUT2D eigenvalue weighted by Crippen LogP contribution is 2.27. The first kappa shape index (κ1) is 13.0. The van der Waals surface area contributed by atoms with Crippen molar-refractivity contribution in [3.05, 3.63) is 34.9 Å². The third-order valence-corrected chi connectivity index (χ3v) is 2.76. The average Bonchev–Trinajstić information content (AvgIpc) is 2.37. The van der Waals surface area contributed by atoms with E-state index in [-0.39, 0.29) is 12.8 Å². The molecule has 0 fully saturated rings. The Morgan fingerprint density at radius 3 is 2.12 bits per heavy atom. The molecule has 84 valence electrons. The van der Waals surface area contributed by atoms with Gasteiger partial charge in [0.25, 0.3) is 0 Å². The van der Waals surface area contributed by atoms with Gasteiger partial charge in [-0.1, -0.05) is 23.7 Å². The molecule has 3 nitrogen and oxygen atoms in total. The molecule has 0 N–H and O–H groups in total. The molecule has 0 saturated carbocycles.